The number of benzene rings is 1. The van der Waals surface area contributed by atoms with Gasteiger partial charge in [-0.2, -0.15) is 0 Å². The third kappa shape index (κ3) is 4.42. The number of amides is 1. The second kappa shape index (κ2) is 7.58. The van der Waals surface area contributed by atoms with Crippen LogP contribution in [0.3, 0.4) is 0 Å². The maximum atomic E-state index is 12.3. The quantitative estimate of drug-likeness (QED) is 0.591. The number of carbonyl (C=O) groups is 1. The van der Waals surface area contributed by atoms with Crippen molar-refractivity contribution in [3.05, 3.63) is 33.9 Å². The Kier molecular flexibility index (Phi) is 6.10. The largest absolute Gasteiger partial charge is 0.392 e. The van der Waals surface area contributed by atoms with Crippen molar-refractivity contribution in [2.75, 3.05) is 25.5 Å². The molecule has 1 aromatic rings. The fourth-order valence-electron chi connectivity index (χ4n) is 2.00. The molecule has 1 amide bonds. The number of carbonyl (C=O) groups excluding carboxylic acids is 1. The minimum atomic E-state index is -0.695. The van der Waals surface area contributed by atoms with Crippen molar-refractivity contribution >= 4 is 17.3 Å². The molecule has 1 aromatic carbocycles. The lowest BCUT2D eigenvalue weighted by Crippen LogP contribution is -2.33. The zero-order valence-corrected chi connectivity index (χ0v) is 12.5. The Balaban J connectivity index is 3.16. The summed E-state index contributed by atoms with van der Waals surface area (Å²) in [6.45, 7) is 4.20. The van der Waals surface area contributed by atoms with Gasteiger partial charge in [0.05, 0.1) is 11.0 Å². The summed E-state index contributed by atoms with van der Waals surface area (Å²) in [6.07, 6.45) is 0.122. The summed E-state index contributed by atoms with van der Waals surface area (Å²) in [6, 6.07) is 4.61. The second-order valence-electron chi connectivity index (χ2n) is 4.92. The Morgan fingerprint density at radius 1 is 1.52 bits per heavy atom. The molecule has 0 saturated carbocycles. The second-order valence-corrected chi connectivity index (χ2v) is 4.92. The average molecular weight is 295 g/mol. The Labute approximate surface area is 123 Å². The number of nitro benzene ring substituents is 1. The van der Waals surface area contributed by atoms with E-state index >= 15 is 0 Å². The van der Waals surface area contributed by atoms with Gasteiger partial charge in [-0.1, -0.05) is 13.0 Å². The van der Waals surface area contributed by atoms with Gasteiger partial charge < -0.3 is 15.3 Å². The number of hydrogen-bond donors (Lipinski definition) is 2. The number of rotatable bonds is 7. The van der Waals surface area contributed by atoms with Gasteiger partial charge >= 0.3 is 5.69 Å². The molecule has 0 aliphatic heterocycles. The van der Waals surface area contributed by atoms with Crippen LogP contribution in [0, 0.1) is 10.1 Å². The topological polar surface area (TPSA) is 95.7 Å². The molecule has 0 fully saturated rings. The molecule has 116 valence electrons. The van der Waals surface area contributed by atoms with Gasteiger partial charge in [0.25, 0.3) is 5.91 Å². The van der Waals surface area contributed by atoms with E-state index in [0.29, 0.717) is 12.2 Å². The predicted molar refractivity (Wildman–Crippen MR) is 80.5 cm³/mol. The van der Waals surface area contributed by atoms with Crippen molar-refractivity contribution in [1.29, 1.82) is 0 Å². The highest BCUT2D eigenvalue weighted by Crippen LogP contribution is 2.29. The van der Waals surface area contributed by atoms with Crippen molar-refractivity contribution in [3.63, 3.8) is 0 Å². The van der Waals surface area contributed by atoms with Crippen LogP contribution < -0.4 is 5.32 Å². The first-order chi connectivity index (χ1) is 9.88. The molecule has 1 unspecified atom stereocenters. The maximum absolute atomic E-state index is 12.3. The SMILES string of the molecule is CCCNc1cccc(C(=O)N(C)CC(C)O)c1[N+](=O)[O-]. The molecule has 0 bridgehead atoms. The van der Waals surface area contributed by atoms with Crippen molar-refractivity contribution in [1.82, 2.24) is 4.90 Å². The van der Waals surface area contributed by atoms with Gasteiger partial charge in [-0.25, -0.2) is 0 Å². The summed E-state index contributed by atoms with van der Waals surface area (Å²) in [4.78, 5) is 24.3. The van der Waals surface area contributed by atoms with Crippen LogP contribution in [0.4, 0.5) is 11.4 Å². The molecule has 0 saturated heterocycles. The lowest BCUT2D eigenvalue weighted by molar-refractivity contribution is -0.384. The van der Waals surface area contributed by atoms with E-state index in [-0.39, 0.29) is 17.8 Å². The molecule has 0 aromatic heterocycles. The van der Waals surface area contributed by atoms with Crippen LogP contribution in [0.2, 0.25) is 0 Å². The van der Waals surface area contributed by atoms with E-state index < -0.39 is 16.9 Å². The number of anilines is 1. The van der Waals surface area contributed by atoms with E-state index in [1.165, 1.54) is 18.0 Å². The summed E-state index contributed by atoms with van der Waals surface area (Å²) in [5.41, 5.74) is 0.121. The van der Waals surface area contributed by atoms with E-state index in [0.717, 1.165) is 6.42 Å². The van der Waals surface area contributed by atoms with Crippen LogP contribution in [0.5, 0.6) is 0 Å². The number of nitro groups is 1. The number of hydrogen-bond acceptors (Lipinski definition) is 5. The average Bonchev–Trinajstić information content (AvgIpc) is 2.42. The number of likely N-dealkylation sites (N-methyl/N-ethyl adjacent to an activating group) is 1. The van der Waals surface area contributed by atoms with Crippen LogP contribution in [0.25, 0.3) is 0 Å². The molecule has 7 heteroatoms. The van der Waals surface area contributed by atoms with E-state index in [2.05, 4.69) is 5.32 Å². The normalized spacial score (nSPS) is 11.8. The minimum absolute atomic E-state index is 0.0178. The van der Waals surface area contributed by atoms with E-state index in [9.17, 15) is 20.0 Å². The van der Waals surface area contributed by atoms with Crippen LogP contribution >= 0.6 is 0 Å². The summed E-state index contributed by atoms with van der Waals surface area (Å²) in [7, 11) is 1.50. The number of aliphatic hydroxyl groups is 1. The van der Waals surface area contributed by atoms with Gasteiger partial charge in [0.1, 0.15) is 11.3 Å². The molecule has 7 nitrogen and oxygen atoms in total. The number of nitrogens with zero attached hydrogens (tertiary/aromatic N) is 2. The summed E-state index contributed by atoms with van der Waals surface area (Å²) >= 11 is 0. The van der Waals surface area contributed by atoms with Gasteiger partial charge in [-0.15, -0.1) is 0 Å². The van der Waals surface area contributed by atoms with Crippen LogP contribution in [0.15, 0.2) is 18.2 Å². The van der Waals surface area contributed by atoms with E-state index in [1.54, 1.807) is 19.1 Å². The first-order valence-electron chi connectivity index (χ1n) is 6.83. The van der Waals surface area contributed by atoms with E-state index in [1.807, 2.05) is 6.92 Å². The molecule has 0 aliphatic carbocycles. The standard InChI is InChI=1S/C14H21N3O4/c1-4-8-15-12-7-5-6-11(13(12)17(20)21)14(19)16(3)9-10(2)18/h5-7,10,15,18H,4,8-9H2,1-3H3. The van der Waals surface area contributed by atoms with Gasteiger partial charge in [-0.3, -0.25) is 14.9 Å². The molecular weight excluding hydrogens is 274 g/mol. The third-order valence-electron chi connectivity index (χ3n) is 2.90. The smallest absolute Gasteiger partial charge is 0.305 e. The Bertz CT molecular complexity index is 517. The van der Waals surface area contributed by atoms with Crippen LogP contribution in [0.1, 0.15) is 30.6 Å². The highest BCUT2D eigenvalue weighted by atomic mass is 16.6. The summed E-state index contributed by atoms with van der Waals surface area (Å²) in [5, 5.41) is 23.6. The third-order valence-corrected chi connectivity index (χ3v) is 2.90. The monoisotopic (exact) mass is 295 g/mol. The van der Waals surface area contributed by atoms with Crippen LogP contribution in [-0.2, 0) is 0 Å². The zero-order chi connectivity index (χ0) is 16.0. The van der Waals surface area contributed by atoms with E-state index in [4.69, 9.17) is 0 Å². The molecule has 0 radical (unpaired) electrons. The first kappa shape index (κ1) is 16.9. The first-order valence-corrected chi connectivity index (χ1v) is 6.83. The highest BCUT2D eigenvalue weighted by molar-refractivity contribution is 6.00. The lowest BCUT2D eigenvalue weighted by atomic mass is 10.1. The summed E-state index contributed by atoms with van der Waals surface area (Å²) in [5.74, 6) is -0.484. The minimum Gasteiger partial charge on any atom is -0.392 e. The Hall–Kier alpha value is -2.15. The molecule has 0 heterocycles. The fourth-order valence-corrected chi connectivity index (χ4v) is 2.00. The highest BCUT2D eigenvalue weighted by Gasteiger charge is 2.26. The number of para-hydroxylation sites is 1. The van der Waals surface area contributed by atoms with Crippen molar-refractivity contribution in [2.45, 2.75) is 26.4 Å². The van der Waals surface area contributed by atoms with Gasteiger partial charge in [0.15, 0.2) is 0 Å². The Morgan fingerprint density at radius 2 is 2.19 bits per heavy atom. The van der Waals surface area contributed by atoms with Crippen LogP contribution in [-0.4, -0.2) is 47.1 Å². The molecule has 1 rings (SSSR count). The van der Waals surface area contributed by atoms with Gasteiger partial charge in [-0.05, 0) is 25.5 Å². The molecule has 2 N–H and O–H groups in total. The van der Waals surface area contributed by atoms with Gasteiger partial charge in [0.2, 0.25) is 0 Å². The number of aliphatic hydroxyl groups excluding tert-OH is 1. The zero-order valence-electron chi connectivity index (χ0n) is 12.5. The lowest BCUT2D eigenvalue weighted by Gasteiger charge is -2.19. The summed E-state index contributed by atoms with van der Waals surface area (Å²) < 4.78 is 0. The number of nitrogens with one attached hydrogen (secondary N) is 1. The molecule has 21 heavy (non-hydrogen) atoms. The molecule has 0 spiro atoms. The van der Waals surface area contributed by atoms with Crippen molar-refractivity contribution in [2.24, 2.45) is 0 Å². The molecular formula is C14H21N3O4. The van der Waals surface area contributed by atoms with Crippen molar-refractivity contribution in [3.8, 4) is 0 Å². The van der Waals surface area contributed by atoms with Crippen molar-refractivity contribution < 1.29 is 14.8 Å². The maximum Gasteiger partial charge on any atom is 0.305 e. The van der Waals surface area contributed by atoms with Gasteiger partial charge in [0, 0.05) is 20.1 Å². The predicted octanol–water partition coefficient (Wildman–Crippen LogP) is 1.87. The molecule has 1 atom stereocenters. The molecule has 0 aliphatic rings. The Morgan fingerprint density at radius 3 is 2.71 bits per heavy atom. The fraction of sp³-hybridized carbons (Fsp3) is 0.500.